The first-order valence-electron chi connectivity index (χ1n) is 4.94. The van der Waals surface area contributed by atoms with Gasteiger partial charge in [-0.2, -0.15) is 0 Å². The van der Waals surface area contributed by atoms with Crippen molar-refractivity contribution in [1.82, 2.24) is 20.8 Å². The Morgan fingerprint density at radius 2 is 2.19 bits per heavy atom. The first-order valence-corrected chi connectivity index (χ1v) is 4.94. The number of aromatic nitrogens is 2. The third-order valence-corrected chi connectivity index (χ3v) is 1.48. The lowest BCUT2D eigenvalue weighted by Crippen LogP contribution is -2.40. The van der Waals surface area contributed by atoms with Crippen molar-refractivity contribution in [1.29, 1.82) is 0 Å². The standard InChI is InChI=1S/C10H16N4O2/c1-10(2,3)16-9(15)14-13-7-8-6-11-4-5-12-8/h4-6,13H,7H2,1-3H3,(H,14,15). The fourth-order valence-electron chi connectivity index (χ4n) is 0.932. The summed E-state index contributed by atoms with van der Waals surface area (Å²) in [6.07, 6.45) is 4.27. The molecule has 0 bridgehead atoms. The molecule has 0 radical (unpaired) electrons. The molecule has 0 unspecified atom stereocenters. The summed E-state index contributed by atoms with van der Waals surface area (Å²) in [5, 5.41) is 0. The molecule has 0 aliphatic heterocycles. The van der Waals surface area contributed by atoms with Crippen LogP contribution in [-0.2, 0) is 11.3 Å². The van der Waals surface area contributed by atoms with Gasteiger partial charge in [0.25, 0.3) is 0 Å². The normalized spacial score (nSPS) is 10.9. The average Bonchev–Trinajstić information content (AvgIpc) is 2.16. The van der Waals surface area contributed by atoms with E-state index in [1.54, 1.807) is 39.4 Å². The quantitative estimate of drug-likeness (QED) is 0.749. The molecule has 1 aromatic heterocycles. The largest absolute Gasteiger partial charge is 0.443 e. The number of nitrogens with zero attached hydrogens (tertiary/aromatic N) is 2. The fourth-order valence-corrected chi connectivity index (χ4v) is 0.932. The van der Waals surface area contributed by atoms with Crippen LogP contribution in [0, 0.1) is 0 Å². The van der Waals surface area contributed by atoms with E-state index < -0.39 is 11.7 Å². The zero-order valence-corrected chi connectivity index (χ0v) is 9.65. The predicted octanol–water partition coefficient (Wildman–Crippen LogP) is 1.01. The molecule has 0 saturated carbocycles. The second-order valence-electron chi connectivity index (χ2n) is 4.18. The van der Waals surface area contributed by atoms with Crippen molar-refractivity contribution >= 4 is 6.09 Å². The maximum Gasteiger partial charge on any atom is 0.422 e. The molecule has 88 valence electrons. The lowest BCUT2D eigenvalue weighted by Gasteiger charge is -2.19. The topological polar surface area (TPSA) is 76.1 Å². The number of nitrogens with one attached hydrogen (secondary N) is 2. The molecule has 0 aliphatic carbocycles. The number of carbonyl (C=O) groups is 1. The molecule has 1 heterocycles. The number of amides is 1. The van der Waals surface area contributed by atoms with Gasteiger partial charge >= 0.3 is 6.09 Å². The third kappa shape index (κ3) is 5.26. The molecule has 0 atom stereocenters. The second-order valence-corrected chi connectivity index (χ2v) is 4.18. The van der Waals surface area contributed by atoms with E-state index in [-0.39, 0.29) is 0 Å². The summed E-state index contributed by atoms with van der Waals surface area (Å²) >= 11 is 0. The smallest absolute Gasteiger partial charge is 0.422 e. The van der Waals surface area contributed by atoms with Crippen LogP contribution in [0.3, 0.4) is 0 Å². The minimum atomic E-state index is -0.517. The van der Waals surface area contributed by atoms with Crippen LogP contribution in [0.2, 0.25) is 0 Å². The van der Waals surface area contributed by atoms with Gasteiger partial charge in [0.1, 0.15) is 5.60 Å². The van der Waals surface area contributed by atoms with Crippen molar-refractivity contribution in [3.63, 3.8) is 0 Å². The summed E-state index contributed by atoms with van der Waals surface area (Å²) in [6.45, 7) is 5.80. The Morgan fingerprint density at radius 3 is 2.75 bits per heavy atom. The third-order valence-electron chi connectivity index (χ3n) is 1.48. The van der Waals surface area contributed by atoms with Crippen LogP contribution in [-0.4, -0.2) is 21.7 Å². The summed E-state index contributed by atoms with van der Waals surface area (Å²) in [5.74, 6) is 0. The first kappa shape index (κ1) is 12.4. The van der Waals surface area contributed by atoms with E-state index in [1.807, 2.05) is 0 Å². The minimum Gasteiger partial charge on any atom is -0.443 e. The molecule has 1 amide bonds. The lowest BCUT2D eigenvalue weighted by atomic mass is 10.2. The van der Waals surface area contributed by atoms with Gasteiger partial charge in [-0.15, -0.1) is 0 Å². The van der Waals surface area contributed by atoms with Crippen molar-refractivity contribution < 1.29 is 9.53 Å². The fraction of sp³-hybridized carbons (Fsp3) is 0.500. The molecular formula is C10H16N4O2. The van der Waals surface area contributed by atoms with Gasteiger partial charge in [0, 0.05) is 18.6 Å². The van der Waals surface area contributed by atoms with Gasteiger partial charge in [-0.3, -0.25) is 15.4 Å². The number of ether oxygens (including phenoxy) is 1. The van der Waals surface area contributed by atoms with Gasteiger partial charge in [-0.1, -0.05) is 0 Å². The highest BCUT2D eigenvalue weighted by Gasteiger charge is 2.15. The average molecular weight is 224 g/mol. The highest BCUT2D eigenvalue weighted by Crippen LogP contribution is 2.05. The zero-order chi connectivity index (χ0) is 12.0. The van der Waals surface area contributed by atoms with E-state index in [0.29, 0.717) is 6.54 Å². The highest BCUT2D eigenvalue weighted by atomic mass is 16.6. The molecule has 0 saturated heterocycles. The van der Waals surface area contributed by atoms with E-state index in [9.17, 15) is 4.79 Å². The van der Waals surface area contributed by atoms with Gasteiger partial charge in [-0.25, -0.2) is 10.2 Å². The summed E-state index contributed by atoms with van der Waals surface area (Å²) in [7, 11) is 0. The van der Waals surface area contributed by atoms with Crippen LogP contribution in [0.25, 0.3) is 0 Å². The lowest BCUT2D eigenvalue weighted by molar-refractivity contribution is 0.0497. The molecule has 0 aliphatic rings. The van der Waals surface area contributed by atoms with Crippen LogP contribution in [0.1, 0.15) is 26.5 Å². The monoisotopic (exact) mass is 224 g/mol. The van der Waals surface area contributed by atoms with Crippen molar-refractivity contribution in [2.45, 2.75) is 32.9 Å². The maximum absolute atomic E-state index is 11.2. The summed E-state index contributed by atoms with van der Waals surface area (Å²) < 4.78 is 5.03. The van der Waals surface area contributed by atoms with Crippen LogP contribution >= 0.6 is 0 Å². The van der Waals surface area contributed by atoms with Crippen LogP contribution in [0.4, 0.5) is 4.79 Å². The Morgan fingerprint density at radius 1 is 1.44 bits per heavy atom. The molecular weight excluding hydrogens is 208 g/mol. The van der Waals surface area contributed by atoms with E-state index in [2.05, 4.69) is 20.8 Å². The highest BCUT2D eigenvalue weighted by molar-refractivity contribution is 5.66. The Bertz CT molecular complexity index is 334. The second kappa shape index (κ2) is 5.41. The molecule has 16 heavy (non-hydrogen) atoms. The van der Waals surface area contributed by atoms with E-state index >= 15 is 0 Å². The molecule has 0 fully saturated rings. The number of rotatable bonds is 3. The summed E-state index contributed by atoms with van der Waals surface area (Å²) in [5.41, 5.74) is 5.34. The maximum atomic E-state index is 11.2. The number of hydrogen-bond acceptors (Lipinski definition) is 5. The van der Waals surface area contributed by atoms with E-state index in [0.717, 1.165) is 5.69 Å². The van der Waals surface area contributed by atoms with E-state index in [4.69, 9.17) is 4.74 Å². The number of carbonyl (C=O) groups excluding carboxylic acids is 1. The molecule has 1 rings (SSSR count). The Balaban J connectivity index is 2.24. The Kier molecular flexibility index (Phi) is 4.19. The van der Waals surface area contributed by atoms with Crippen LogP contribution in [0.5, 0.6) is 0 Å². The van der Waals surface area contributed by atoms with Crippen molar-refractivity contribution in [3.8, 4) is 0 Å². The summed E-state index contributed by atoms with van der Waals surface area (Å²) in [4.78, 5) is 19.1. The van der Waals surface area contributed by atoms with Gasteiger partial charge in [0.15, 0.2) is 0 Å². The van der Waals surface area contributed by atoms with Crippen LogP contribution < -0.4 is 10.9 Å². The molecule has 1 aromatic rings. The van der Waals surface area contributed by atoms with Gasteiger partial charge in [0.2, 0.25) is 0 Å². The molecule has 6 heteroatoms. The first-order chi connectivity index (χ1) is 7.47. The molecule has 0 aromatic carbocycles. The van der Waals surface area contributed by atoms with Crippen LogP contribution in [0.15, 0.2) is 18.6 Å². The molecule has 0 spiro atoms. The van der Waals surface area contributed by atoms with Gasteiger partial charge < -0.3 is 4.74 Å². The number of hydrogen-bond donors (Lipinski definition) is 2. The van der Waals surface area contributed by atoms with E-state index in [1.165, 1.54) is 0 Å². The van der Waals surface area contributed by atoms with Gasteiger partial charge in [0.05, 0.1) is 12.2 Å². The molecule has 6 nitrogen and oxygen atoms in total. The minimum absolute atomic E-state index is 0.396. The molecule has 2 N–H and O–H groups in total. The van der Waals surface area contributed by atoms with Crippen molar-refractivity contribution in [2.75, 3.05) is 0 Å². The zero-order valence-electron chi connectivity index (χ0n) is 9.65. The van der Waals surface area contributed by atoms with Crippen molar-refractivity contribution in [2.24, 2.45) is 0 Å². The number of hydrazine groups is 1. The SMILES string of the molecule is CC(C)(C)OC(=O)NNCc1cnccn1. The predicted molar refractivity (Wildman–Crippen MR) is 58.2 cm³/mol. The van der Waals surface area contributed by atoms with Crippen molar-refractivity contribution in [3.05, 3.63) is 24.3 Å². The Hall–Kier alpha value is -1.69. The summed E-state index contributed by atoms with van der Waals surface area (Å²) in [6, 6.07) is 0. The Labute approximate surface area is 94.4 Å². The van der Waals surface area contributed by atoms with Gasteiger partial charge in [-0.05, 0) is 20.8 Å².